The van der Waals surface area contributed by atoms with Crippen molar-refractivity contribution in [2.75, 3.05) is 14.2 Å². The Morgan fingerprint density at radius 2 is 1.82 bits per heavy atom. The fourth-order valence-electron chi connectivity index (χ4n) is 2.66. The standard InChI is InChI=1S/C17H23NO4/c1-16(2,3)22-15(20)17(10-13(17)18-4)12-8-6-11(7-9-12)14(19)21-5/h6-9,13,18H,10H2,1-5H3. The van der Waals surface area contributed by atoms with Gasteiger partial charge in [0.05, 0.1) is 12.7 Å². The summed E-state index contributed by atoms with van der Waals surface area (Å²) in [6.45, 7) is 5.57. The van der Waals surface area contributed by atoms with Gasteiger partial charge in [-0.2, -0.15) is 0 Å². The van der Waals surface area contributed by atoms with Gasteiger partial charge in [-0.1, -0.05) is 12.1 Å². The Bertz CT molecular complexity index is 573. The minimum Gasteiger partial charge on any atom is -0.465 e. The van der Waals surface area contributed by atoms with E-state index in [1.54, 1.807) is 24.3 Å². The molecule has 1 aliphatic rings. The molecule has 1 aromatic rings. The number of carbonyl (C=O) groups is 2. The molecule has 0 heterocycles. The fourth-order valence-corrected chi connectivity index (χ4v) is 2.66. The summed E-state index contributed by atoms with van der Waals surface area (Å²) in [6.07, 6.45) is 0.690. The summed E-state index contributed by atoms with van der Waals surface area (Å²) in [4.78, 5) is 24.1. The first-order valence-corrected chi connectivity index (χ1v) is 7.34. The van der Waals surface area contributed by atoms with Gasteiger partial charge in [-0.3, -0.25) is 4.79 Å². The van der Waals surface area contributed by atoms with E-state index < -0.39 is 11.0 Å². The monoisotopic (exact) mass is 305 g/mol. The van der Waals surface area contributed by atoms with Crippen LogP contribution in [0.3, 0.4) is 0 Å². The van der Waals surface area contributed by atoms with E-state index in [2.05, 4.69) is 5.32 Å². The summed E-state index contributed by atoms with van der Waals surface area (Å²) < 4.78 is 10.3. The van der Waals surface area contributed by atoms with Gasteiger partial charge in [-0.15, -0.1) is 0 Å². The molecule has 0 radical (unpaired) electrons. The number of benzene rings is 1. The molecule has 22 heavy (non-hydrogen) atoms. The van der Waals surface area contributed by atoms with E-state index in [1.807, 2.05) is 27.8 Å². The molecule has 1 aliphatic carbocycles. The molecule has 0 bridgehead atoms. The molecule has 0 amide bonds. The SMILES string of the molecule is CNC1CC1(C(=O)OC(C)(C)C)c1ccc(C(=O)OC)cc1. The molecule has 1 saturated carbocycles. The van der Waals surface area contributed by atoms with Crippen molar-refractivity contribution in [3.05, 3.63) is 35.4 Å². The second-order valence-corrected chi connectivity index (χ2v) is 6.59. The number of likely N-dealkylation sites (N-methyl/N-ethyl adjacent to an activating group) is 1. The van der Waals surface area contributed by atoms with Gasteiger partial charge in [-0.05, 0) is 51.9 Å². The first-order chi connectivity index (χ1) is 10.2. The quantitative estimate of drug-likeness (QED) is 0.863. The van der Waals surface area contributed by atoms with E-state index in [9.17, 15) is 9.59 Å². The number of carbonyl (C=O) groups excluding carboxylic acids is 2. The van der Waals surface area contributed by atoms with E-state index in [4.69, 9.17) is 9.47 Å². The van der Waals surface area contributed by atoms with Crippen molar-refractivity contribution in [3.63, 3.8) is 0 Å². The average Bonchev–Trinajstić information content (AvgIpc) is 3.21. The topological polar surface area (TPSA) is 64.6 Å². The number of hydrogen-bond donors (Lipinski definition) is 1. The summed E-state index contributed by atoms with van der Waals surface area (Å²) in [5.74, 6) is -0.621. The van der Waals surface area contributed by atoms with E-state index >= 15 is 0 Å². The number of rotatable bonds is 4. The molecule has 5 heteroatoms. The first kappa shape index (κ1) is 16.5. The number of esters is 2. The predicted octanol–water partition coefficient (Wildman–Crippen LogP) is 2.04. The molecule has 5 nitrogen and oxygen atoms in total. The number of methoxy groups -OCH3 is 1. The zero-order chi connectivity index (χ0) is 16.5. The Hall–Kier alpha value is -1.88. The van der Waals surface area contributed by atoms with Crippen molar-refractivity contribution in [2.45, 2.75) is 44.2 Å². The summed E-state index contributed by atoms with van der Waals surface area (Å²) in [7, 11) is 3.18. The lowest BCUT2D eigenvalue weighted by atomic mass is 9.93. The maximum Gasteiger partial charge on any atom is 0.337 e. The highest BCUT2D eigenvalue weighted by molar-refractivity contribution is 5.91. The molecule has 0 spiro atoms. The molecule has 1 aromatic carbocycles. The van der Waals surface area contributed by atoms with Crippen LogP contribution in [-0.2, 0) is 19.7 Å². The number of nitrogens with one attached hydrogen (secondary N) is 1. The van der Waals surface area contributed by atoms with Crippen molar-refractivity contribution < 1.29 is 19.1 Å². The molecule has 0 aliphatic heterocycles. The molecule has 2 unspecified atom stereocenters. The second-order valence-electron chi connectivity index (χ2n) is 6.59. The van der Waals surface area contributed by atoms with E-state index in [-0.39, 0.29) is 18.0 Å². The molecule has 1 N–H and O–H groups in total. The van der Waals surface area contributed by atoms with Gasteiger partial charge in [0.15, 0.2) is 0 Å². The Kier molecular flexibility index (Phi) is 4.29. The largest absolute Gasteiger partial charge is 0.465 e. The minimum absolute atomic E-state index is 0.0475. The van der Waals surface area contributed by atoms with Gasteiger partial charge in [0.1, 0.15) is 11.0 Å². The Morgan fingerprint density at radius 1 is 1.23 bits per heavy atom. The highest BCUT2D eigenvalue weighted by Gasteiger charge is 2.62. The van der Waals surface area contributed by atoms with Crippen LogP contribution in [0.4, 0.5) is 0 Å². The van der Waals surface area contributed by atoms with E-state index in [1.165, 1.54) is 7.11 Å². The third-order valence-corrected chi connectivity index (χ3v) is 3.89. The van der Waals surface area contributed by atoms with Gasteiger partial charge in [0.2, 0.25) is 0 Å². The Balaban J connectivity index is 2.29. The van der Waals surface area contributed by atoms with E-state index in [0.29, 0.717) is 12.0 Å². The van der Waals surface area contributed by atoms with Crippen molar-refractivity contribution in [1.29, 1.82) is 0 Å². The van der Waals surface area contributed by atoms with E-state index in [0.717, 1.165) is 5.56 Å². The lowest BCUT2D eigenvalue weighted by molar-refractivity contribution is -0.158. The van der Waals surface area contributed by atoms with Gasteiger partial charge < -0.3 is 14.8 Å². The van der Waals surface area contributed by atoms with Crippen LogP contribution in [-0.4, -0.2) is 37.7 Å². The highest BCUT2D eigenvalue weighted by Crippen LogP contribution is 2.50. The summed E-state index contributed by atoms with van der Waals surface area (Å²) >= 11 is 0. The fraction of sp³-hybridized carbons (Fsp3) is 0.529. The smallest absolute Gasteiger partial charge is 0.337 e. The van der Waals surface area contributed by atoms with Crippen LogP contribution in [0, 0.1) is 0 Å². The normalized spacial score (nSPS) is 23.8. The minimum atomic E-state index is -0.670. The van der Waals surface area contributed by atoms with Crippen LogP contribution >= 0.6 is 0 Å². The van der Waals surface area contributed by atoms with Crippen LogP contribution in [0.1, 0.15) is 43.1 Å². The van der Waals surface area contributed by atoms with Crippen LogP contribution in [0.15, 0.2) is 24.3 Å². The molecule has 120 valence electrons. The van der Waals surface area contributed by atoms with Crippen molar-refractivity contribution in [2.24, 2.45) is 0 Å². The maximum absolute atomic E-state index is 12.6. The third-order valence-electron chi connectivity index (χ3n) is 3.89. The van der Waals surface area contributed by atoms with Crippen LogP contribution < -0.4 is 5.32 Å². The highest BCUT2D eigenvalue weighted by atomic mass is 16.6. The van der Waals surface area contributed by atoms with Gasteiger partial charge in [0.25, 0.3) is 0 Å². The zero-order valence-electron chi connectivity index (χ0n) is 13.7. The lowest BCUT2D eigenvalue weighted by Crippen LogP contribution is -2.36. The molecule has 2 atom stereocenters. The van der Waals surface area contributed by atoms with Gasteiger partial charge in [0, 0.05) is 6.04 Å². The number of hydrogen-bond acceptors (Lipinski definition) is 5. The van der Waals surface area contributed by atoms with Crippen LogP contribution in [0.5, 0.6) is 0 Å². The summed E-state index contributed by atoms with van der Waals surface area (Å²) in [5.41, 5.74) is 0.120. The maximum atomic E-state index is 12.6. The predicted molar refractivity (Wildman–Crippen MR) is 82.8 cm³/mol. The van der Waals surface area contributed by atoms with Gasteiger partial charge >= 0.3 is 11.9 Å². The van der Waals surface area contributed by atoms with Gasteiger partial charge in [-0.25, -0.2) is 4.79 Å². The second kappa shape index (κ2) is 5.72. The average molecular weight is 305 g/mol. The first-order valence-electron chi connectivity index (χ1n) is 7.34. The molecular weight excluding hydrogens is 282 g/mol. The molecule has 0 saturated heterocycles. The molecule has 2 rings (SSSR count). The van der Waals surface area contributed by atoms with Crippen molar-refractivity contribution in [3.8, 4) is 0 Å². The third kappa shape index (κ3) is 2.99. The van der Waals surface area contributed by atoms with Crippen LogP contribution in [0.2, 0.25) is 0 Å². The molecule has 0 aromatic heterocycles. The lowest BCUT2D eigenvalue weighted by Gasteiger charge is -2.25. The molecule has 1 fully saturated rings. The van der Waals surface area contributed by atoms with Crippen LogP contribution in [0.25, 0.3) is 0 Å². The van der Waals surface area contributed by atoms with Crippen molar-refractivity contribution in [1.82, 2.24) is 5.32 Å². The van der Waals surface area contributed by atoms with Crippen molar-refractivity contribution >= 4 is 11.9 Å². The molecular formula is C17H23NO4. The zero-order valence-corrected chi connectivity index (χ0v) is 13.7. The Labute approximate surface area is 131 Å². The summed E-state index contributed by atoms with van der Waals surface area (Å²) in [6, 6.07) is 7.00. The number of ether oxygens (including phenoxy) is 2. The summed E-state index contributed by atoms with van der Waals surface area (Å²) in [5, 5.41) is 3.15. The Morgan fingerprint density at radius 3 is 2.23 bits per heavy atom.